The van der Waals surface area contributed by atoms with Crippen LogP contribution < -0.4 is 20.1 Å². The van der Waals surface area contributed by atoms with Crippen LogP contribution in [0.1, 0.15) is 18.5 Å². The third kappa shape index (κ3) is 5.60. The number of nitrogens with one attached hydrogen (secondary N) is 3. The number of carbonyl (C=O) groups is 1. The van der Waals surface area contributed by atoms with Crippen LogP contribution in [0.4, 0.5) is 17.2 Å². The standard InChI is InChI=1S/C14H14N4O.C11H13NO2/c1-9-7-8-12(14(15-9)19-2)16-13-10-5-3-4-6-11(10)17-18-13;1-14-10-6-4-9(5-7-10)12-11(13)8-2-3-8/h3-8H,1-2H3,(H2,16,17,18);4-8H,2-3H2,1H3,(H,12,13). The van der Waals surface area contributed by atoms with Crippen LogP contribution in [0.2, 0.25) is 0 Å². The highest BCUT2D eigenvalue weighted by Gasteiger charge is 2.29. The zero-order valence-electron chi connectivity index (χ0n) is 18.9. The summed E-state index contributed by atoms with van der Waals surface area (Å²) in [6.45, 7) is 1.93. The Hall–Kier alpha value is -4.07. The molecule has 33 heavy (non-hydrogen) atoms. The number of aromatic amines is 1. The summed E-state index contributed by atoms with van der Waals surface area (Å²) in [5.41, 5.74) is 3.53. The minimum Gasteiger partial charge on any atom is -0.497 e. The molecule has 8 heteroatoms. The Morgan fingerprint density at radius 3 is 2.45 bits per heavy atom. The second kappa shape index (κ2) is 10.0. The molecule has 2 heterocycles. The van der Waals surface area contributed by atoms with Gasteiger partial charge in [-0.3, -0.25) is 9.89 Å². The molecule has 0 atom stereocenters. The van der Waals surface area contributed by atoms with E-state index in [1.165, 1.54) is 0 Å². The molecule has 0 aliphatic heterocycles. The summed E-state index contributed by atoms with van der Waals surface area (Å²) in [6, 6.07) is 19.2. The van der Waals surface area contributed by atoms with Crippen molar-refractivity contribution < 1.29 is 14.3 Å². The SMILES string of the molecule is COc1ccc(NC(=O)C2CC2)cc1.COc1nc(C)ccc1Nc1n[nH]c2ccccc12. The Balaban J connectivity index is 0.000000165. The summed E-state index contributed by atoms with van der Waals surface area (Å²) in [6.07, 6.45) is 2.06. The van der Waals surface area contributed by atoms with Gasteiger partial charge in [0, 0.05) is 22.7 Å². The number of benzene rings is 2. The molecule has 0 spiro atoms. The lowest BCUT2D eigenvalue weighted by molar-refractivity contribution is -0.117. The van der Waals surface area contributed by atoms with Crippen molar-refractivity contribution in [3.05, 3.63) is 66.4 Å². The monoisotopic (exact) mass is 445 g/mol. The van der Waals surface area contributed by atoms with Crippen LogP contribution in [0.15, 0.2) is 60.7 Å². The minimum absolute atomic E-state index is 0.134. The normalized spacial score (nSPS) is 12.5. The smallest absolute Gasteiger partial charge is 0.237 e. The fraction of sp³-hybridized carbons (Fsp3) is 0.240. The molecule has 0 unspecified atom stereocenters. The van der Waals surface area contributed by atoms with Gasteiger partial charge in [-0.25, -0.2) is 4.98 Å². The van der Waals surface area contributed by atoms with E-state index in [4.69, 9.17) is 9.47 Å². The molecule has 1 fully saturated rings. The van der Waals surface area contributed by atoms with E-state index in [2.05, 4.69) is 25.8 Å². The zero-order valence-corrected chi connectivity index (χ0v) is 18.9. The Kier molecular flexibility index (Phi) is 6.73. The number of para-hydroxylation sites is 1. The quantitative estimate of drug-likeness (QED) is 0.383. The van der Waals surface area contributed by atoms with Crippen LogP contribution in [0.25, 0.3) is 10.9 Å². The summed E-state index contributed by atoms with van der Waals surface area (Å²) in [7, 11) is 3.23. The van der Waals surface area contributed by atoms with Crippen molar-refractivity contribution >= 4 is 34.0 Å². The maximum absolute atomic E-state index is 11.4. The van der Waals surface area contributed by atoms with Crippen LogP contribution in [-0.2, 0) is 4.79 Å². The molecule has 0 bridgehead atoms. The van der Waals surface area contributed by atoms with Gasteiger partial charge >= 0.3 is 0 Å². The first-order valence-electron chi connectivity index (χ1n) is 10.7. The predicted molar refractivity (Wildman–Crippen MR) is 129 cm³/mol. The molecule has 5 rings (SSSR count). The van der Waals surface area contributed by atoms with Crippen molar-refractivity contribution in [1.29, 1.82) is 0 Å². The number of methoxy groups -OCH3 is 2. The summed E-state index contributed by atoms with van der Waals surface area (Å²) in [5, 5.41) is 14.4. The van der Waals surface area contributed by atoms with E-state index in [9.17, 15) is 4.79 Å². The Morgan fingerprint density at radius 2 is 1.76 bits per heavy atom. The number of aromatic nitrogens is 3. The van der Waals surface area contributed by atoms with Crippen LogP contribution in [-0.4, -0.2) is 35.3 Å². The molecule has 170 valence electrons. The van der Waals surface area contributed by atoms with E-state index in [1.54, 1.807) is 14.2 Å². The lowest BCUT2D eigenvalue weighted by Gasteiger charge is -2.09. The topological polar surface area (TPSA) is 101 Å². The van der Waals surface area contributed by atoms with E-state index < -0.39 is 0 Å². The number of pyridine rings is 1. The number of nitrogens with zero attached hydrogens (tertiary/aromatic N) is 2. The molecular weight excluding hydrogens is 418 g/mol. The molecule has 3 N–H and O–H groups in total. The highest BCUT2D eigenvalue weighted by molar-refractivity contribution is 5.94. The predicted octanol–water partition coefficient (Wildman–Crippen LogP) is 5.06. The van der Waals surface area contributed by atoms with Gasteiger partial charge in [-0.2, -0.15) is 5.10 Å². The van der Waals surface area contributed by atoms with Gasteiger partial charge < -0.3 is 20.1 Å². The van der Waals surface area contributed by atoms with Gasteiger partial charge in [0.05, 0.1) is 19.7 Å². The third-order valence-electron chi connectivity index (χ3n) is 5.22. The number of fused-ring (bicyclic) bond motifs is 1. The summed E-state index contributed by atoms with van der Waals surface area (Å²) in [5.74, 6) is 2.51. The van der Waals surface area contributed by atoms with Crippen molar-refractivity contribution in [3.8, 4) is 11.6 Å². The molecule has 1 saturated carbocycles. The largest absolute Gasteiger partial charge is 0.497 e. The van der Waals surface area contributed by atoms with Gasteiger partial charge in [0.2, 0.25) is 11.8 Å². The van der Waals surface area contributed by atoms with Crippen molar-refractivity contribution in [3.63, 3.8) is 0 Å². The highest BCUT2D eigenvalue weighted by Crippen LogP contribution is 2.30. The fourth-order valence-corrected chi connectivity index (χ4v) is 3.23. The van der Waals surface area contributed by atoms with Crippen molar-refractivity contribution in [2.75, 3.05) is 24.9 Å². The maximum Gasteiger partial charge on any atom is 0.237 e. The number of anilines is 3. The summed E-state index contributed by atoms with van der Waals surface area (Å²) < 4.78 is 10.3. The van der Waals surface area contributed by atoms with E-state index in [-0.39, 0.29) is 11.8 Å². The van der Waals surface area contributed by atoms with Crippen LogP contribution in [0, 0.1) is 12.8 Å². The number of aryl methyl sites for hydroxylation is 1. The zero-order chi connectivity index (χ0) is 23.2. The molecule has 1 aliphatic carbocycles. The molecule has 2 aromatic heterocycles. The van der Waals surface area contributed by atoms with Crippen molar-refractivity contribution in [2.24, 2.45) is 5.92 Å². The fourth-order valence-electron chi connectivity index (χ4n) is 3.23. The first-order valence-corrected chi connectivity index (χ1v) is 10.7. The summed E-state index contributed by atoms with van der Waals surface area (Å²) in [4.78, 5) is 15.7. The molecule has 8 nitrogen and oxygen atoms in total. The number of hydrogen-bond acceptors (Lipinski definition) is 6. The Morgan fingerprint density at radius 1 is 1.00 bits per heavy atom. The van der Waals surface area contributed by atoms with Crippen molar-refractivity contribution in [2.45, 2.75) is 19.8 Å². The second-order valence-corrected chi connectivity index (χ2v) is 7.74. The molecule has 1 aliphatic rings. The third-order valence-corrected chi connectivity index (χ3v) is 5.22. The number of amides is 1. The van der Waals surface area contributed by atoms with Gasteiger partial charge in [0.1, 0.15) is 11.4 Å². The number of rotatable bonds is 6. The highest BCUT2D eigenvalue weighted by atomic mass is 16.5. The van der Waals surface area contributed by atoms with Gasteiger partial charge in [-0.1, -0.05) is 12.1 Å². The lowest BCUT2D eigenvalue weighted by atomic mass is 10.2. The van der Waals surface area contributed by atoms with Gasteiger partial charge in [0.25, 0.3) is 0 Å². The lowest BCUT2D eigenvalue weighted by Crippen LogP contribution is -2.12. The minimum atomic E-state index is 0.134. The molecular formula is C25H27N5O3. The molecule has 0 saturated heterocycles. The van der Waals surface area contributed by atoms with Crippen LogP contribution in [0.5, 0.6) is 11.6 Å². The average Bonchev–Trinajstić information content (AvgIpc) is 3.63. The Bertz CT molecular complexity index is 1230. The van der Waals surface area contributed by atoms with Crippen LogP contribution >= 0.6 is 0 Å². The summed E-state index contributed by atoms with van der Waals surface area (Å²) >= 11 is 0. The van der Waals surface area contributed by atoms with Gasteiger partial charge in [-0.05, 0) is 68.3 Å². The maximum atomic E-state index is 11.4. The number of hydrogen-bond donors (Lipinski definition) is 3. The first-order chi connectivity index (χ1) is 16.1. The number of carbonyl (C=O) groups excluding carboxylic acids is 1. The van der Waals surface area contributed by atoms with E-state index in [0.717, 1.165) is 52.4 Å². The van der Waals surface area contributed by atoms with E-state index in [0.29, 0.717) is 5.88 Å². The first kappa shape index (κ1) is 22.1. The van der Waals surface area contributed by atoms with Gasteiger partial charge in [-0.15, -0.1) is 0 Å². The molecule has 0 radical (unpaired) electrons. The van der Waals surface area contributed by atoms with Gasteiger partial charge in [0.15, 0.2) is 5.82 Å². The van der Waals surface area contributed by atoms with Crippen LogP contribution in [0.3, 0.4) is 0 Å². The average molecular weight is 446 g/mol. The Labute approximate surface area is 192 Å². The second-order valence-electron chi connectivity index (χ2n) is 7.74. The molecule has 2 aromatic carbocycles. The molecule has 1 amide bonds. The van der Waals surface area contributed by atoms with E-state index >= 15 is 0 Å². The number of H-pyrrole nitrogens is 1. The van der Waals surface area contributed by atoms with E-state index in [1.807, 2.05) is 67.6 Å². The molecule has 4 aromatic rings. The van der Waals surface area contributed by atoms with Crippen molar-refractivity contribution in [1.82, 2.24) is 15.2 Å². The number of ether oxygens (including phenoxy) is 2.